The molecule has 0 bridgehead atoms. The number of hydrogen-bond acceptors (Lipinski definition) is 2. The van der Waals surface area contributed by atoms with E-state index in [-0.39, 0.29) is 12.5 Å². The Morgan fingerprint density at radius 3 is 2.25 bits per heavy atom. The third kappa shape index (κ3) is 3.42. The first-order valence-corrected chi connectivity index (χ1v) is 6.35. The number of hydroxylamine groups is 2. The van der Waals surface area contributed by atoms with E-state index in [4.69, 9.17) is 4.84 Å². The van der Waals surface area contributed by atoms with Crippen molar-refractivity contribution < 1.29 is 14.0 Å². The highest BCUT2D eigenvalue weighted by molar-refractivity contribution is 5.93. The molecule has 0 saturated heterocycles. The van der Waals surface area contributed by atoms with Gasteiger partial charge in [0.2, 0.25) is 0 Å². The lowest BCUT2D eigenvalue weighted by atomic mass is 10.0. The van der Waals surface area contributed by atoms with E-state index in [2.05, 4.69) is 0 Å². The van der Waals surface area contributed by atoms with Crippen LogP contribution in [0.2, 0.25) is 0 Å². The number of rotatable bonds is 5. The maximum absolute atomic E-state index is 12.0. The maximum atomic E-state index is 12.0. The average molecular weight is 273 g/mol. The van der Waals surface area contributed by atoms with Gasteiger partial charge in [0.15, 0.2) is 0 Å². The van der Waals surface area contributed by atoms with Crippen LogP contribution in [-0.2, 0) is 4.84 Å². The fourth-order valence-corrected chi connectivity index (χ4v) is 1.85. The molecular weight excluding hydrogens is 257 g/mol. The fourth-order valence-electron chi connectivity index (χ4n) is 1.85. The number of halogens is 1. The molecule has 0 heterocycles. The van der Waals surface area contributed by atoms with E-state index in [0.717, 1.165) is 16.2 Å². The molecule has 3 nitrogen and oxygen atoms in total. The van der Waals surface area contributed by atoms with Gasteiger partial charge in [-0.3, -0.25) is 9.63 Å². The largest absolute Gasteiger partial charge is 0.277 e. The first-order chi connectivity index (χ1) is 9.72. The van der Waals surface area contributed by atoms with Crippen molar-refractivity contribution in [3.63, 3.8) is 0 Å². The molecule has 0 fully saturated rings. The van der Waals surface area contributed by atoms with Gasteiger partial charge in [-0.25, -0.2) is 9.45 Å². The van der Waals surface area contributed by atoms with E-state index < -0.39 is 6.67 Å². The second kappa shape index (κ2) is 6.82. The van der Waals surface area contributed by atoms with E-state index in [0.29, 0.717) is 5.56 Å². The summed E-state index contributed by atoms with van der Waals surface area (Å²) < 4.78 is 12.0. The van der Waals surface area contributed by atoms with Gasteiger partial charge < -0.3 is 0 Å². The third-order valence-electron chi connectivity index (χ3n) is 2.89. The van der Waals surface area contributed by atoms with Crippen LogP contribution in [0, 0.1) is 0 Å². The molecular formula is C16H16FNO2. The Morgan fingerprint density at radius 2 is 1.65 bits per heavy atom. The van der Waals surface area contributed by atoms with Gasteiger partial charge in [-0.1, -0.05) is 42.5 Å². The highest BCUT2D eigenvalue weighted by Crippen LogP contribution is 2.19. The van der Waals surface area contributed by atoms with E-state index in [9.17, 15) is 9.18 Å². The molecule has 0 aliphatic heterocycles. The third-order valence-corrected chi connectivity index (χ3v) is 2.89. The first kappa shape index (κ1) is 14.2. The molecule has 0 unspecified atom stereocenters. The normalized spacial score (nSPS) is 10.3. The fraction of sp³-hybridized carbons (Fsp3) is 0.188. The number of carbonyl (C=O) groups excluding carboxylic acids is 1. The lowest BCUT2D eigenvalue weighted by Gasteiger charge is -2.16. The van der Waals surface area contributed by atoms with Gasteiger partial charge in [0.25, 0.3) is 5.91 Å². The Bertz CT molecular complexity index is 554. The van der Waals surface area contributed by atoms with E-state index >= 15 is 0 Å². The van der Waals surface area contributed by atoms with Crippen LogP contribution in [0.5, 0.6) is 0 Å². The van der Waals surface area contributed by atoms with Crippen LogP contribution in [-0.4, -0.2) is 31.3 Å². The topological polar surface area (TPSA) is 29.5 Å². The summed E-state index contributed by atoms with van der Waals surface area (Å²) in [4.78, 5) is 16.9. The van der Waals surface area contributed by atoms with Gasteiger partial charge in [0.1, 0.15) is 13.3 Å². The molecule has 0 saturated carbocycles. The van der Waals surface area contributed by atoms with Crippen LogP contribution >= 0.6 is 0 Å². The Morgan fingerprint density at radius 1 is 1.05 bits per heavy atom. The SMILES string of the molecule is CN(OCCF)C(=O)c1ccc(-c2ccccc2)cc1. The highest BCUT2D eigenvalue weighted by atomic mass is 19.1. The van der Waals surface area contributed by atoms with Crippen LogP contribution in [0.25, 0.3) is 11.1 Å². The minimum Gasteiger partial charge on any atom is -0.268 e. The maximum Gasteiger partial charge on any atom is 0.277 e. The van der Waals surface area contributed by atoms with Crippen molar-refractivity contribution in [3.05, 3.63) is 60.2 Å². The Hall–Kier alpha value is -2.20. The lowest BCUT2D eigenvalue weighted by molar-refractivity contribution is -0.108. The van der Waals surface area contributed by atoms with Gasteiger partial charge in [0.05, 0.1) is 0 Å². The molecule has 0 aliphatic rings. The van der Waals surface area contributed by atoms with Crippen molar-refractivity contribution in [1.82, 2.24) is 5.06 Å². The minimum atomic E-state index is -0.620. The lowest BCUT2D eigenvalue weighted by Crippen LogP contribution is -2.27. The second-order valence-corrected chi connectivity index (χ2v) is 4.27. The summed E-state index contributed by atoms with van der Waals surface area (Å²) in [5, 5.41) is 1.05. The Labute approximate surface area is 117 Å². The molecule has 104 valence electrons. The van der Waals surface area contributed by atoms with Crippen molar-refractivity contribution >= 4 is 5.91 Å². The first-order valence-electron chi connectivity index (χ1n) is 6.35. The van der Waals surface area contributed by atoms with Crippen molar-refractivity contribution in [1.29, 1.82) is 0 Å². The number of alkyl halides is 1. The van der Waals surface area contributed by atoms with Gasteiger partial charge in [-0.15, -0.1) is 0 Å². The number of hydrogen-bond donors (Lipinski definition) is 0. The van der Waals surface area contributed by atoms with E-state index in [1.165, 1.54) is 7.05 Å². The van der Waals surface area contributed by atoms with E-state index in [1.54, 1.807) is 12.1 Å². The van der Waals surface area contributed by atoms with Crippen LogP contribution in [0.4, 0.5) is 4.39 Å². The zero-order valence-corrected chi connectivity index (χ0v) is 11.3. The van der Waals surface area contributed by atoms with Gasteiger partial charge in [-0.2, -0.15) is 0 Å². The summed E-state index contributed by atoms with van der Waals surface area (Å²) in [5.74, 6) is -0.293. The smallest absolute Gasteiger partial charge is 0.268 e. The summed E-state index contributed by atoms with van der Waals surface area (Å²) in [6, 6.07) is 17.1. The molecule has 0 aromatic heterocycles. The van der Waals surface area contributed by atoms with Crippen LogP contribution < -0.4 is 0 Å². The zero-order valence-electron chi connectivity index (χ0n) is 11.3. The Balaban J connectivity index is 2.10. The van der Waals surface area contributed by atoms with Crippen LogP contribution in [0.1, 0.15) is 10.4 Å². The molecule has 20 heavy (non-hydrogen) atoms. The van der Waals surface area contributed by atoms with Gasteiger partial charge in [-0.05, 0) is 23.3 Å². The molecule has 1 amide bonds. The second-order valence-electron chi connectivity index (χ2n) is 4.27. The Kier molecular flexibility index (Phi) is 4.85. The van der Waals surface area contributed by atoms with Crippen molar-refractivity contribution in [2.45, 2.75) is 0 Å². The zero-order chi connectivity index (χ0) is 14.4. The quantitative estimate of drug-likeness (QED) is 0.782. The minimum absolute atomic E-state index is 0.121. The molecule has 0 aliphatic carbocycles. The summed E-state index contributed by atoms with van der Waals surface area (Å²) in [5.41, 5.74) is 2.63. The van der Waals surface area contributed by atoms with Crippen LogP contribution in [0.3, 0.4) is 0 Å². The number of benzene rings is 2. The van der Waals surface area contributed by atoms with Crippen LogP contribution in [0.15, 0.2) is 54.6 Å². The number of carbonyl (C=O) groups is 1. The molecule has 0 spiro atoms. The van der Waals surface area contributed by atoms with Crippen molar-refractivity contribution in [2.75, 3.05) is 20.3 Å². The summed E-state index contributed by atoms with van der Waals surface area (Å²) >= 11 is 0. The molecule has 2 rings (SSSR count). The highest BCUT2D eigenvalue weighted by Gasteiger charge is 2.12. The summed E-state index contributed by atoms with van der Waals surface area (Å²) in [7, 11) is 1.48. The van der Waals surface area contributed by atoms with E-state index in [1.807, 2.05) is 42.5 Å². The molecule has 2 aromatic rings. The monoisotopic (exact) mass is 273 g/mol. The van der Waals surface area contributed by atoms with Crippen molar-refractivity contribution in [2.24, 2.45) is 0 Å². The predicted molar refractivity (Wildman–Crippen MR) is 75.9 cm³/mol. The number of nitrogens with zero attached hydrogens (tertiary/aromatic N) is 1. The molecule has 0 atom stereocenters. The summed E-state index contributed by atoms with van der Waals surface area (Å²) in [6.45, 7) is -0.741. The predicted octanol–water partition coefficient (Wildman–Crippen LogP) is 3.33. The number of amides is 1. The van der Waals surface area contributed by atoms with Crippen molar-refractivity contribution in [3.8, 4) is 11.1 Å². The molecule has 4 heteroatoms. The van der Waals surface area contributed by atoms with Gasteiger partial charge >= 0.3 is 0 Å². The molecule has 2 aromatic carbocycles. The average Bonchev–Trinajstić information content (AvgIpc) is 2.53. The summed E-state index contributed by atoms with van der Waals surface area (Å²) in [6.07, 6.45) is 0. The molecule has 0 N–H and O–H groups in total. The van der Waals surface area contributed by atoms with Gasteiger partial charge in [0, 0.05) is 12.6 Å². The standard InChI is InChI=1S/C16H16FNO2/c1-18(20-12-11-17)16(19)15-9-7-14(8-10-15)13-5-3-2-4-6-13/h2-10H,11-12H2,1H3. The molecule has 0 radical (unpaired) electrons.